The summed E-state index contributed by atoms with van der Waals surface area (Å²) in [4.78, 5) is 12.2. The third-order valence-electron chi connectivity index (χ3n) is 3.47. The minimum absolute atomic E-state index is 0.0668. The van der Waals surface area contributed by atoms with E-state index >= 15 is 0 Å². The molecule has 0 saturated carbocycles. The molecule has 1 N–H and O–H groups in total. The van der Waals surface area contributed by atoms with Gasteiger partial charge in [0.05, 0.1) is 6.54 Å². The van der Waals surface area contributed by atoms with E-state index in [2.05, 4.69) is 5.32 Å². The van der Waals surface area contributed by atoms with E-state index in [-0.39, 0.29) is 28.5 Å². The largest absolute Gasteiger partial charge is 0.379 e. The van der Waals surface area contributed by atoms with Crippen molar-refractivity contribution in [2.75, 3.05) is 6.54 Å². The fourth-order valence-electron chi connectivity index (χ4n) is 2.02. The van der Waals surface area contributed by atoms with Crippen LogP contribution in [0.15, 0.2) is 53.4 Å². The van der Waals surface area contributed by atoms with E-state index in [1.165, 1.54) is 24.3 Å². The molecule has 2 aromatic rings. The van der Waals surface area contributed by atoms with Crippen LogP contribution < -0.4 is 9.50 Å². The van der Waals surface area contributed by atoms with E-state index in [4.69, 9.17) is 4.18 Å². The fraction of sp³-hybridized carbons (Fsp3) is 0.316. The number of aryl methyl sites for hydroxylation is 1. The molecule has 0 amide bonds. The number of benzene rings is 2. The molecule has 0 aromatic heterocycles. The highest BCUT2D eigenvalue weighted by Crippen LogP contribution is 2.19. The van der Waals surface area contributed by atoms with E-state index < -0.39 is 10.1 Å². The second kappa shape index (κ2) is 7.37. The standard InChI is InChI=1S/C19H23NO4S/c1-14-5-11-17(12-6-14)25(22,23)24-16-9-7-15(8-10-16)18(21)13-20-19(2,3)4/h5-12,20H,13H2,1-4H3. The van der Waals surface area contributed by atoms with Crippen LogP contribution in [0.5, 0.6) is 5.75 Å². The highest BCUT2D eigenvalue weighted by Gasteiger charge is 2.17. The number of carbonyl (C=O) groups excluding carboxylic acids is 1. The smallest absolute Gasteiger partial charge is 0.339 e. The maximum atomic E-state index is 12.2. The second-order valence-electron chi connectivity index (χ2n) is 6.90. The van der Waals surface area contributed by atoms with Crippen molar-refractivity contribution in [3.05, 3.63) is 59.7 Å². The fourth-order valence-corrected chi connectivity index (χ4v) is 2.95. The molecule has 0 aliphatic heterocycles. The highest BCUT2D eigenvalue weighted by atomic mass is 32.2. The third kappa shape index (κ3) is 5.69. The molecular weight excluding hydrogens is 338 g/mol. The Morgan fingerprint density at radius 1 is 1.00 bits per heavy atom. The van der Waals surface area contributed by atoms with Crippen molar-refractivity contribution in [3.63, 3.8) is 0 Å². The van der Waals surface area contributed by atoms with Gasteiger partial charge in [-0.05, 0) is 64.1 Å². The third-order valence-corrected chi connectivity index (χ3v) is 4.73. The van der Waals surface area contributed by atoms with Crippen LogP contribution in [-0.4, -0.2) is 26.3 Å². The second-order valence-corrected chi connectivity index (χ2v) is 8.45. The number of Topliss-reactive ketones (excluding diaryl/α,β-unsaturated/α-hetero) is 1. The predicted molar refractivity (Wildman–Crippen MR) is 97.5 cm³/mol. The topological polar surface area (TPSA) is 72.5 Å². The SMILES string of the molecule is Cc1ccc(S(=O)(=O)Oc2ccc(C(=O)CNC(C)(C)C)cc2)cc1. The predicted octanol–water partition coefficient (Wildman–Crippen LogP) is 3.33. The Hall–Kier alpha value is -2.18. The van der Waals surface area contributed by atoms with Crippen molar-refractivity contribution in [1.29, 1.82) is 0 Å². The van der Waals surface area contributed by atoms with Crippen LogP contribution in [0.3, 0.4) is 0 Å². The lowest BCUT2D eigenvalue weighted by molar-refractivity contribution is 0.0982. The van der Waals surface area contributed by atoms with E-state index in [1.54, 1.807) is 24.3 Å². The van der Waals surface area contributed by atoms with Crippen molar-refractivity contribution in [1.82, 2.24) is 5.32 Å². The van der Waals surface area contributed by atoms with Gasteiger partial charge in [-0.3, -0.25) is 4.79 Å². The molecule has 0 heterocycles. The Bertz CT molecular complexity index is 832. The van der Waals surface area contributed by atoms with Crippen LogP contribution in [0, 0.1) is 6.92 Å². The van der Waals surface area contributed by atoms with Gasteiger partial charge in [-0.2, -0.15) is 8.42 Å². The Kier molecular flexibility index (Phi) is 5.65. The first kappa shape index (κ1) is 19.1. The number of ketones is 1. The maximum Gasteiger partial charge on any atom is 0.339 e. The van der Waals surface area contributed by atoms with E-state index in [1.807, 2.05) is 27.7 Å². The molecule has 0 atom stereocenters. The zero-order valence-electron chi connectivity index (χ0n) is 14.9. The quantitative estimate of drug-likeness (QED) is 0.631. The molecule has 0 aliphatic carbocycles. The number of rotatable bonds is 6. The summed E-state index contributed by atoms with van der Waals surface area (Å²) in [6.07, 6.45) is 0. The summed E-state index contributed by atoms with van der Waals surface area (Å²) < 4.78 is 29.6. The van der Waals surface area contributed by atoms with Gasteiger partial charge in [-0.25, -0.2) is 0 Å². The minimum Gasteiger partial charge on any atom is -0.379 e. The summed E-state index contributed by atoms with van der Waals surface area (Å²) in [5.41, 5.74) is 1.31. The van der Waals surface area contributed by atoms with Gasteiger partial charge in [0.15, 0.2) is 5.78 Å². The van der Waals surface area contributed by atoms with Crippen molar-refractivity contribution < 1.29 is 17.4 Å². The number of hydrogen-bond donors (Lipinski definition) is 1. The molecule has 134 valence electrons. The van der Waals surface area contributed by atoms with Crippen LogP contribution in [0.2, 0.25) is 0 Å². The summed E-state index contributed by atoms with van der Waals surface area (Å²) in [6.45, 7) is 8.03. The van der Waals surface area contributed by atoms with Gasteiger partial charge in [0.25, 0.3) is 0 Å². The highest BCUT2D eigenvalue weighted by molar-refractivity contribution is 7.87. The first-order valence-corrected chi connectivity index (χ1v) is 9.37. The molecule has 25 heavy (non-hydrogen) atoms. The molecule has 0 spiro atoms. The Balaban J connectivity index is 2.07. The van der Waals surface area contributed by atoms with Crippen molar-refractivity contribution in [2.24, 2.45) is 0 Å². The normalized spacial score (nSPS) is 12.0. The molecular formula is C19H23NO4S. The molecule has 0 unspecified atom stereocenters. The lowest BCUT2D eigenvalue weighted by atomic mass is 10.1. The number of hydrogen-bond acceptors (Lipinski definition) is 5. The summed E-state index contributed by atoms with van der Waals surface area (Å²) in [5.74, 6) is 0.101. The summed E-state index contributed by atoms with van der Waals surface area (Å²) in [5, 5.41) is 3.12. The van der Waals surface area contributed by atoms with Crippen molar-refractivity contribution in [3.8, 4) is 5.75 Å². The Morgan fingerprint density at radius 2 is 1.56 bits per heavy atom. The molecule has 2 rings (SSSR count). The summed E-state index contributed by atoms with van der Waals surface area (Å²) >= 11 is 0. The number of carbonyl (C=O) groups is 1. The molecule has 0 radical (unpaired) electrons. The molecule has 6 heteroatoms. The van der Waals surface area contributed by atoms with E-state index in [0.717, 1.165) is 5.56 Å². The van der Waals surface area contributed by atoms with Gasteiger partial charge in [-0.15, -0.1) is 0 Å². The van der Waals surface area contributed by atoms with Crippen LogP contribution >= 0.6 is 0 Å². The van der Waals surface area contributed by atoms with Crippen LogP contribution in [0.25, 0.3) is 0 Å². The van der Waals surface area contributed by atoms with Crippen LogP contribution in [-0.2, 0) is 10.1 Å². The van der Waals surface area contributed by atoms with E-state index in [0.29, 0.717) is 5.56 Å². The lowest BCUT2D eigenvalue weighted by Gasteiger charge is -2.19. The molecule has 0 bridgehead atoms. The van der Waals surface area contributed by atoms with Crippen LogP contribution in [0.4, 0.5) is 0 Å². The lowest BCUT2D eigenvalue weighted by Crippen LogP contribution is -2.39. The van der Waals surface area contributed by atoms with Crippen LogP contribution in [0.1, 0.15) is 36.7 Å². The van der Waals surface area contributed by atoms with Gasteiger partial charge in [0.1, 0.15) is 10.6 Å². The minimum atomic E-state index is -3.89. The zero-order chi connectivity index (χ0) is 18.7. The zero-order valence-corrected chi connectivity index (χ0v) is 15.7. The molecule has 0 saturated heterocycles. The Labute approximate surface area is 149 Å². The number of nitrogens with one attached hydrogen (secondary N) is 1. The average molecular weight is 361 g/mol. The molecule has 2 aromatic carbocycles. The Morgan fingerprint density at radius 3 is 2.08 bits per heavy atom. The average Bonchev–Trinajstić information content (AvgIpc) is 2.52. The van der Waals surface area contributed by atoms with E-state index in [9.17, 15) is 13.2 Å². The van der Waals surface area contributed by atoms with Crippen molar-refractivity contribution >= 4 is 15.9 Å². The van der Waals surface area contributed by atoms with Gasteiger partial charge in [0, 0.05) is 11.1 Å². The maximum absolute atomic E-state index is 12.2. The molecule has 5 nitrogen and oxygen atoms in total. The van der Waals surface area contributed by atoms with Gasteiger partial charge >= 0.3 is 10.1 Å². The molecule has 0 aliphatic rings. The van der Waals surface area contributed by atoms with Gasteiger partial charge < -0.3 is 9.50 Å². The summed E-state index contributed by atoms with van der Waals surface area (Å²) in [6, 6.07) is 12.5. The van der Waals surface area contributed by atoms with Gasteiger partial charge in [0.2, 0.25) is 0 Å². The molecule has 0 fully saturated rings. The van der Waals surface area contributed by atoms with Crippen molar-refractivity contribution in [2.45, 2.75) is 38.1 Å². The first-order chi connectivity index (χ1) is 11.6. The first-order valence-electron chi connectivity index (χ1n) is 7.96. The summed E-state index contributed by atoms with van der Waals surface area (Å²) in [7, 11) is -3.89. The monoisotopic (exact) mass is 361 g/mol. The van der Waals surface area contributed by atoms with Gasteiger partial charge in [-0.1, -0.05) is 17.7 Å².